The molecule has 0 atom stereocenters. The second-order valence-corrected chi connectivity index (χ2v) is 10.7. The van der Waals surface area contributed by atoms with Crippen LogP contribution in [0.2, 0.25) is 0 Å². The van der Waals surface area contributed by atoms with Crippen LogP contribution in [0.1, 0.15) is 24.1 Å². The minimum atomic E-state index is -3.64. The molecule has 1 amide bonds. The molecular formula is C28H33N3O4S. The molecule has 0 N–H and O–H groups in total. The first-order valence-corrected chi connectivity index (χ1v) is 14.0. The number of sulfonamides is 1. The number of carbonyl (C=O) groups is 1. The van der Waals surface area contributed by atoms with Crippen LogP contribution in [0.25, 0.3) is 0 Å². The highest BCUT2D eigenvalue weighted by Crippen LogP contribution is 2.29. The van der Waals surface area contributed by atoms with E-state index in [4.69, 9.17) is 4.74 Å². The van der Waals surface area contributed by atoms with E-state index in [1.54, 1.807) is 29.2 Å². The van der Waals surface area contributed by atoms with Crippen LogP contribution in [-0.4, -0.2) is 69.7 Å². The fraction of sp³-hybridized carbons (Fsp3) is 0.321. The number of ether oxygens (including phenoxy) is 1. The van der Waals surface area contributed by atoms with Crippen molar-refractivity contribution in [3.8, 4) is 5.75 Å². The maximum atomic E-state index is 13.2. The van der Waals surface area contributed by atoms with E-state index < -0.39 is 10.0 Å². The Hall–Kier alpha value is -3.36. The van der Waals surface area contributed by atoms with Gasteiger partial charge < -0.3 is 9.64 Å². The lowest BCUT2D eigenvalue weighted by Crippen LogP contribution is -2.52. The Labute approximate surface area is 214 Å². The first-order valence-electron chi connectivity index (χ1n) is 12.2. The molecule has 1 fully saturated rings. The molecule has 0 saturated carbocycles. The fourth-order valence-electron chi connectivity index (χ4n) is 4.61. The summed E-state index contributed by atoms with van der Waals surface area (Å²) in [6, 6.07) is 27.6. The van der Waals surface area contributed by atoms with E-state index >= 15 is 0 Å². The van der Waals surface area contributed by atoms with Crippen LogP contribution in [0.5, 0.6) is 5.75 Å². The van der Waals surface area contributed by atoms with E-state index in [2.05, 4.69) is 29.2 Å². The molecule has 190 valence electrons. The molecule has 0 radical (unpaired) electrons. The fourth-order valence-corrected chi connectivity index (χ4v) is 5.46. The Kier molecular flexibility index (Phi) is 8.28. The number of benzene rings is 3. The van der Waals surface area contributed by atoms with Crippen LogP contribution in [0, 0.1) is 0 Å². The third-order valence-electron chi connectivity index (χ3n) is 6.38. The lowest BCUT2D eigenvalue weighted by atomic mass is 9.96. The lowest BCUT2D eigenvalue weighted by Gasteiger charge is -2.40. The SMILES string of the molecule is CCOc1ccc(N(CC(=O)N2CCN(C(c3ccccc3)c3ccccc3)CC2)S(C)(=O)=O)cc1. The third kappa shape index (κ3) is 6.25. The summed E-state index contributed by atoms with van der Waals surface area (Å²) < 4.78 is 31.7. The molecule has 0 unspecified atom stereocenters. The average Bonchev–Trinajstić information content (AvgIpc) is 2.89. The van der Waals surface area contributed by atoms with E-state index in [1.165, 1.54) is 11.1 Å². The minimum Gasteiger partial charge on any atom is -0.494 e. The second-order valence-electron chi connectivity index (χ2n) is 8.84. The van der Waals surface area contributed by atoms with Crippen molar-refractivity contribution < 1.29 is 17.9 Å². The molecule has 3 aromatic carbocycles. The molecule has 36 heavy (non-hydrogen) atoms. The Bertz CT molecular complexity index is 1190. The van der Waals surface area contributed by atoms with Crippen molar-refractivity contribution in [3.63, 3.8) is 0 Å². The zero-order valence-electron chi connectivity index (χ0n) is 20.8. The third-order valence-corrected chi connectivity index (χ3v) is 7.52. The Morgan fingerprint density at radius 2 is 1.39 bits per heavy atom. The first-order chi connectivity index (χ1) is 17.4. The molecule has 4 rings (SSSR count). The summed E-state index contributed by atoms with van der Waals surface area (Å²) in [6.07, 6.45) is 1.12. The van der Waals surface area contributed by atoms with Crippen molar-refractivity contribution >= 4 is 21.6 Å². The van der Waals surface area contributed by atoms with Gasteiger partial charge in [-0.2, -0.15) is 0 Å². The van der Waals surface area contributed by atoms with Crippen molar-refractivity contribution in [3.05, 3.63) is 96.1 Å². The molecule has 0 aromatic heterocycles. The van der Waals surface area contributed by atoms with Crippen molar-refractivity contribution in [2.75, 3.05) is 49.9 Å². The van der Waals surface area contributed by atoms with Gasteiger partial charge in [-0.1, -0.05) is 60.7 Å². The van der Waals surface area contributed by atoms with E-state index in [0.29, 0.717) is 44.2 Å². The van der Waals surface area contributed by atoms with Crippen LogP contribution in [0.3, 0.4) is 0 Å². The molecule has 0 aliphatic carbocycles. The van der Waals surface area contributed by atoms with Crippen LogP contribution in [0.15, 0.2) is 84.9 Å². The van der Waals surface area contributed by atoms with Gasteiger partial charge in [0.1, 0.15) is 12.3 Å². The van der Waals surface area contributed by atoms with E-state index in [0.717, 1.165) is 10.6 Å². The van der Waals surface area contributed by atoms with Gasteiger partial charge in [-0.05, 0) is 42.3 Å². The highest BCUT2D eigenvalue weighted by molar-refractivity contribution is 7.92. The van der Waals surface area contributed by atoms with Gasteiger partial charge in [-0.3, -0.25) is 14.0 Å². The molecule has 1 aliphatic rings. The van der Waals surface area contributed by atoms with Gasteiger partial charge in [-0.25, -0.2) is 8.42 Å². The van der Waals surface area contributed by atoms with E-state index in [9.17, 15) is 13.2 Å². The standard InChI is InChI=1S/C28H33N3O4S/c1-3-35-26-16-14-25(15-17-26)31(36(2,33)34)22-27(32)29-18-20-30(21-19-29)28(23-10-6-4-7-11-23)24-12-8-5-9-13-24/h4-17,28H,3,18-22H2,1-2H3. The highest BCUT2D eigenvalue weighted by Gasteiger charge is 2.30. The van der Waals surface area contributed by atoms with Crippen molar-refractivity contribution in [1.29, 1.82) is 0 Å². The van der Waals surface area contributed by atoms with Gasteiger partial charge in [0.05, 0.1) is 24.6 Å². The highest BCUT2D eigenvalue weighted by atomic mass is 32.2. The summed E-state index contributed by atoms with van der Waals surface area (Å²) in [5, 5.41) is 0. The van der Waals surface area contributed by atoms with E-state index in [1.807, 2.05) is 43.3 Å². The average molecular weight is 508 g/mol. The number of amides is 1. The lowest BCUT2D eigenvalue weighted by molar-refractivity contribution is -0.131. The molecule has 3 aromatic rings. The van der Waals surface area contributed by atoms with Gasteiger partial charge in [0.25, 0.3) is 0 Å². The van der Waals surface area contributed by atoms with Gasteiger partial charge >= 0.3 is 0 Å². The molecular weight excluding hydrogens is 474 g/mol. The maximum Gasteiger partial charge on any atom is 0.243 e. The van der Waals surface area contributed by atoms with Crippen LogP contribution in [0.4, 0.5) is 5.69 Å². The second kappa shape index (κ2) is 11.6. The largest absolute Gasteiger partial charge is 0.494 e. The minimum absolute atomic E-state index is 0.0982. The van der Waals surface area contributed by atoms with Crippen LogP contribution < -0.4 is 9.04 Å². The zero-order valence-corrected chi connectivity index (χ0v) is 21.6. The predicted molar refractivity (Wildman–Crippen MR) is 143 cm³/mol. The molecule has 0 bridgehead atoms. The zero-order chi connectivity index (χ0) is 25.5. The van der Waals surface area contributed by atoms with Crippen LogP contribution in [-0.2, 0) is 14.8 Å². The van der Waals surface area contributed by atoms with Gasteiger partial charge in [-0.15, -0.1) is 0 Å². The maximum absolute atomic E-state index is 13.2. The summed E-state index contributed by atoms with van der Waals surface area (Å²) in [6.45, 7) is 4.65. The Morgan fingerprint density at radius 3 is 1.86 bits per heavy atom. The molecule has 0 spiro atoms. The quantitative estimate of drug-likeness (QED) is 0.441. The number of piperazine rings is 1. The topological polar surface area (TPSA) is 70.2 Å². The number of anilines is 1. The first kappa shape index (κ1) is 25.7. The summed E-state index contributed by atoms with van der Waals surface area (Å²) in [5.41, 5.74) is 2.87. The van der Waals surface area contributed by atoms with Gasteiger partial charge in [0, 0.05) is 26.2 Å². The normalized spacial score (nSPS) is 14.6. The monoisotopic (exact) mass is 507 g/mol. The van der Waals surface area contributed by atoms with Crippen molar-refractivity contribution in [1.82, 2.24) is 9.80 Å². The van der Waals surface area contributed by atoms with Gasteiger partial charge in [0.2, 0.25) is 15.9 Å². The van der Waals surface area contributed by atoms with Gasteiger partial charge in [0.15, 0.2) is 0 Å². The van der Waals surface area contributed by atoms with Crippen molar-refractivity contribution in [2.45, 2.75) is 13.0 Å². The molecule has 7 nitrogen and oxygen atoms in total. The molecule has 8 heteroatoms. The number of hydrogen-bond donors (Lipinski definition) is 0. The summed E-state index contributed by atoms with van der Waals surface area (Å²) in [4.78, 5) is 17.3. The summed E-state index contributed by atoms with van der Waals surface area (Å²) in [5.74, 6) is 0.452. The number of hydrogen-bond acceptors (Lipinski definition) is 5. The smallest absolute Gasteiger partial charge is 0.243 e. The molecule has 1 heterocycles. The van der Waals surface area contributed by atoms with E-state index in [-0.39, 0.29) is 18.5 Å². The number of rotatable bonds is 9. The molecule has 1 aliphatic heterocycles. The predicted octanol–water partition coefficient (Wildman–Crippen LogP) is 3.79. The Morgan fingerprint density at radius 1 is 0.861 bits per heavy atom. The summed E-state index contributed by atoms with van der Waals surface area (Å²) in [7, 11) is -3.64. The molecule has 1 saturated heterocycles. The summed E-state index contributed by atoms with van der Waals surface area (Å²) >= 11 is 0. The van der Waals surface area contributed by atoms with Crippen LogP contribution >= 0.6 is 0 Å². The number of nitrogens with zero attached hydrogens (tertiary/aromatic N) is 3. The van der Waals surface area contributed by atoms with Crippen molar-refractivity contribution in [2.24, 2.45) is 0 Å². The number of carbonyl (C=O) groups excluding carboxylic acids is 1. The Balaban J connectivity index is 1.45.